The van der Waals surface area contributed by atoms with Crippen LogP contribution in [-0.2, 0) is 6.54 Å². The molecule has 0 bridgehead atoms. The molecular weight excluding hydrogens is 376 g/mol. The predicted molar refractivity (Wildman–Crippen MR) is 116 cm³/mol. The highest BCUT2D eigenvalue weighted by molar-refractivity contribution is 7.20. The van der Waals surface area contributed by atoms with Crippen molar-refractivity contribution in [3.05, 3.63) is 76.3 Å². The van der Waals surface area contributed by atoms with E-state index >= 15 is 0 Å². The summed E-state index contributed by atoms with van der Waals surface area (Å²) >= 11 is 7.46. The Labute approximate surface area is 169 Å². The van der Waals surface area contributed by atoms with Gasteiger partial charge in [0.15, 0.2) is 5.78 Å². The Morgan fingerprint density at radius 3 is 2.26 bits per heavy atom. The van der Waals surface area contributed by atoms with Gasteiger partial charge in [0.25, 0.3) is 0 Å². The molecule has 0 saturated heterocycles. The monoisotopic (exact) mass is 398 g/mol. The molecule has 3 nitrogen and oxygen atoms in total. The van der Waals surface area contributed by atoms with Crippen molar-refractivity contribution in [2.24, 2.45) is 0 Å². The van der Waals surface area contributed by atoms with Gasteiger partial charge in [0.05, 0.1) is 10.6 Å². The zero-order valence-corrected chi connectivity index (χ0v) is 17.1. The fraction of sp³-hybridized carbons (Fsp3) is 0.227. The highest BCUT2D eigenvalue weighted by atomic mass is 35.5. The Kier molecular flexibility index (Phi) is 6.32. The molecule has 3 aromatic rings. The van der Waals surface area contributed by atoms with E-state index in [4.69, 9.17) is 17.3 Å². The number of rotatable bonds is 7. The molecule has 0 aliphatic heterocycles. The summed E-state index contributed by atoms with van der Waals surface area (Å²) in [5.41, 5.74) is 9.68. The van der Waals surface area contributed by atoms with Crippen LogP contribution in [0.4, 0.5) is 5.00 Å². The van der Waals surface area contributed by atoms with Gasteiger partial charge in [-0.2, -0.15) is 0 Å². The number of nitrogen functional groups attached to an aromatic ring is 1. The van der Waals surface area contributed by atoms with Crippen LogP contribution in [0, 0.1) is 0 Å². The average molecular weight is 399 g/mol. The quantitative estimate of drug-likeness (QED) is 0.517. The number of carbonyl (C=O) groups excluding carboxylic acids is 1. The molecule has 0 atom stereocenters. The van der Waals surface area contributed by atoms with Gasteiger partial charge in [0.1, 0.15) is 0 Å². The normalized spacial score (nSPS) is 11.1. The van der Waals surface area contributed by atoms with Crippen LogP contribution in [0.5, 0.6) is 0 Å². The Bertz CT molecular complexity index is 915. The lowest BCUT2D eigenvalue weighted by molar-refractivity contribution is 0.103. The van der Waals surface area contributed by atoms with E-state index in [1.807, 2.05) is 18.2 Å². The lowest BCUT2D eigenvalue weighted by Gasteiger charge is -2.19. The van der Waals surface area contributed by atoms with Crippen LogP contribution < -0.4 is 5.73 Å². The number of hydrogen-bond acceptors (Lipinski definition) is 4. The van der Waals surface area contributed by atoms with E-state index in [2.05, 4.69) is 30.9 Å². The molecule has 27 heavy (non-hydrogen) atoms. The first kappa shape index (κ1) is 19.6. The molecule has 0 saturated carbocycles. The van der Waals surface area contributed by atoms with E-state index < -0.39 is 0 Å². The molecule has 140 valence electrons. The number of benzene rings is 2. The second kappa shape index (κ2) is 8.70. The minimum absolute atomic E-state index is 0.0512. The number of nitrogens with two attached hydrogens (primary N) is 1. The van der Waals surface area contributed by atoms with E-state index in [-0.39, 0.29) is 5.78 Å². The predicted octanol–water partition coefficient (Wildman–Crippen LogP) is 5.72. The third-order valence-electron chi connectivity index (χ3n) is 4.68. The Hall–Kier alpha value is -2.14. The number of ketones is 1. The third-order valence-corrected chi connectivity index (χ3v) is 6.04. The molecule has 1 aromatic heterocycles. The summed E-state index contributed by atoms with van der Waals surface area (Å²) in [7, 11) is 0. The van der Waals surface area contributed by atoms with Crippen molar-refractivity contribution in [3.63, 3.8) is 0 Å². The highest BCUT2D eigenvalue weighted by Gasteiger charge is 2.25. The summed E-state index contributed by atoms with van der Waals surface area (Å²) < 4.78 is 0. The van der Waals surface area contributed by atoms with Crippen LogP contribution >= 0.6 is 22.9 Å². The van der Waals surface area contributed by atoms with Gasteiger partial charge in [-0.25, -0.2) is 0 Å². The van der Waals surface area contributed by atoms with Gasteiger partial charge in [-0.1, -0.05) is 55.8 Å². The van der Waals surface area contributed by atoms with Gasteiger partial charge in [0, 0.05) is 22.0 Å². The van der Waals surface area contributed by atoms with Crippen LogP contribution in [0.3, 0.4) is 0 Å². The molecule has 0 spiro atoms. The van der Waals surface area contributed by atoms with Crippen molar-refractivity contribution in [2.45, 2.75) is 20.4 Å². The van der Waals surface area contributed by atoms with E-state index in [0.717, 1.165) is 29.1 Å². The van der Waals surface area contributed by atoms with Gasteiger partial charge in [-0.3, -0.25) is 9.69 Å². The zero-order chi connectivity index (χ0) is 19.4. The second-order valence-electron chi connectivity index (χ2n) is 6.31. The Morgan fingerprint density at radius 1 is 1.04 bits per heavy atom. The molecule has 2 N–H and O–H groups in total. The van der Waals surface area contributed by atoms with Crippen molar-refractivity contribution >= 4 is 33.7 Å². The number of hydrogen-bond donors (Lipinski definition) is 1. The zero-order valence-electron chi connectivity index (χ0n) is 15.5. The van der Waals surface area contributed by atoms with E-state index in [1.165, 1.54) is 11.3 Å². The summed E-state index contributed by atoms with van der Waals surface area (Å²) in [5.74, 6) is -0.0512. The first-order valence-electron chi connectivity index (χ1n) is 9.04. The standard InChI is InChI=1S/C22H23ClN2OS/c1-3-25(4-2)14-18-19(20(26)15-10-12-17(23)13-11-15)22(24)27-21(18)16-8-6-5-7-9-16/h5-13H,3-4,14,24H2,1-2H3. The molecule has 0 unspecified atom stereocenters. The largest absolute Gasteiger partial charge is 0.390 e. The van der Waals surface area contributed by atoms with Crippen LogP contribution in [0.25, 0.3) is 10.4 Å². The van der Waals surface area contributed by atoms with E-state index in [0.29, 0.717) is 27.7 Å². The summed E-state index contributed by atoms with van der Waals surface area (Å²) in [4.78, 5) is 16.6. The molecule has 0 aliphatic rings. The van der Waals surface area contributed by atoms with Gasteiger partial charge in [-0.15, -0.1) is 11.3 Å². The molecule has 0 radical (unpaired) electrons. The minimum atomic E-state index is -0.0512. The van der Waals surface area contributed by atoms with Gasteiger partial charge >= 0.3 is 0 Å². The van der Waals surface area contributed by atoms with Crippen molar-refractivity contribution in [1.82, 2.24) is 4.90 Å². The topological polar surface area (TPSA) is 46.3 Å². The van der Waals surface area contributed by atoms with Gasteiger partial charge < -0.3 is 5.73 Å². The third kappa shape index (κ3) is 4.24. The molecular formula is C22H23ClN2OS. The van der Waals surface area contributed by atoms with E-state index in [9.17, 15) is 4.79 Å². The number of anilines is 1. The summed E-state index contributed by atoms with van der Waals surface area (Å²) in [6, 6.07) is 17.1. The molecule has 2 aromatic carbocycles. The maximum absolute atomic E-state index is 13.3. The number of nitrogens with zero attached hydrogens (tertiary/aromatic N) is 1. The Balaban J connectivity index is 2.13. The first-order chi connectivity index (χ1) is 13.0. The SMILES string of the molecule is CCN(CC)Cc1c(-c2ccccc2)sc(N)c1C(=O)c1ccc(Cl)cc1. The second-order valence-corrected chi connectivity index (χ2v) is 7.80. The maximum atomic E-state index is 13.3. The van der Waals surface area contributed by atoms with Crippen molar-refractivity contribution in [2.75, 3.05) is 18.8 Å². The molecule has 3 rings (SSSR count). The van der Waals surface area contributed by atoms with Crippen molar-refractivity contribution < 1.29 is 4.79 Å². The fourth-order valence-corrected chi connectivity index (χ4v) is 4.33. The summed E-state index contributed by atoms with van der Waals surface area (Å²) in [6.45, 7) is 6.77. The van der Waals surface area contributed by atoms with Crippen LogP contribution in [0.1, 0.15) is 35.3 Å². The molecule has 1 heterocycles. The first-order valence-corrected chi connectivity index (χ1v) is 10.2. The highest BCUT2D eigenvalue weighted by Crippen LogP contribution is 2.40. The van der Waals surface area contributed by atoms with Crippen molar-refractivity contribution in [3.8, 4) is 10.4 Å². The van der Waals surface area contributed by atoms with Gasteiger partial charge in [-0.05, 0) is 48.5 Å². The molecule has 0 aliphatic carbocycles. The van der Waals surface area contributed by atoms with Crippen LogP contribution in [0.15, 0.2) is 54.6 Å². The smallest absolute Gasteiger partial charge is 0.196 e. The molecule has 5 heteroatoms. The molecule has 0 fully saturated rings. The maximum Gasteiger partial charge on any atom is 0.196 e. The molecule has 0 amide bonds. The Morgan fingerprint density at radius 2 is 1.67 bits per heavy atom. The lowest BCUT2D eigenvalue weighted by atomic mass is 9.98. The van der Waals surface area contributed by atoms with Crippen LogP contribution in [-0.4, -0.2) is 23.8 Å². The average Bonchev–Trinajstić information content (AvgIpc) is 3.02. The summed E-state index contributed by atoms with van der Waals surface area (Å²) in [5, 5.41) is 1.18. The lowest BCUT2D eigenvalue weighted by Crippen LogP contribution is -2.23. The van der Waals surface area contributed by atoms with Crippen LogP contribution in [0.2, 0.25) is 5.02 Å². The number of thiophene rings is 1. The summed E-state index contributed by atoms with van der Waals surface area (Å²) in [6.07, 6.45) is 0. The van der Waals surface area contributed by atoms with Gasteiger partial charge in [0.2, 0.25) is 0 Å². The van der Waals surface area contributed by atoms with E-state index in [1.54, 1.807) is 24.3 Å². The number of carbonyl (C=O) groups is 1. The van der Waals surface area contributed by atoms with Crippen molar-refractivity contribution in [1.29, 1.82) is 0 Å². The fourth-order valence-electron chi connectivity index (χ4n) is 3.12. The number of halogens is 1. The minimum Gasteiger partial charge on any atom is -0.390 e.